The number of aromatic nitrogens is 2. The summed E-state index contributed by atoms with van der Waals surface area (Å²) in [5.41, 5.74) is 2.12. The van der Waals surface area contributed by atoms with Crippen molar-refractivity contribution < 1.29 is 37.1 Å². The lowest BCUT2D eigenvalue weighted by Crippen LogP contribution is -2.58. The highest BCUT2D eigenvalue weighted by Crippen LogP contribution is 2.30. The van der Waals surface area contributed by atoms with Gasteiger partial charge in [-0.25, -0.2) is 14.2 Å². The van der Waals surface area contributed by atoms with Gasteiger partial charge < -0.3 is 20.6 Å². The molecule has 0 bridgehead atoms. The minimum Gasteiger partial charge on any atom is -0.475 e. The highest BCUT2D eigenvalue weighted by atomic mass is 19.4. The van der Waals surface area contributed by atoms with Crippen LogP contribution in [0.1, 0.15) is 36.3 Å². The van der Waals surface area contributed by atoms with Crippen molar-refractivity contribution in [1.82, 2.24) is 20.2 Å². The standard InChI is InChI=1S/C20H22FN5O2.C2HF3O2/c1-20(2)11-26(6-5-24-20)19(28)17-10-22-16(9-23-17)13-7-12-3-4-18(27)25-15(12)8-14(13)21;3-2(4,5)1(6)7/h7-10,24H,3-6,11H2,1-2H3,(H,25,27);(H,6,7). The number of benzene rings is 1. The van der Waals surface area contributed by atoms with Crippen molar-refractivity contribution in [3.8, 4) is 11.3 Å². The van der Waals surface area contributed by atoms with Crippen molar-refractivity contribution in [3.05, 3.63) is 41.6 Å². The van der Waals surface area contributed by atoms with Gasteiger partial charge >= 0.3 is 12.1 Å². The average molecular weight is 497 g/mol. The van der Waals surface area contributed by atoms with E-state index in [2.05, 4.69) is 20.6 Å². The molecule has 3 N–H and O–H groups in total. The number of carboxylic acids is 1. The van der Waals surface area contributed by atoms with E-state index in [1.165, 1.54) is 18.5 Å². The quantitative estimate of drug-likeness (QED) is 0.545. The van der Waals surface area contributed by atoms with E-state index < -0.39 is 18.0 Å². The summed E-state index contributed by atoms with van der Waals surface area (Å²) < 4.78 is 46.3. The van der Waals surface area contributed by atoms with Crippen LogP contribution in [0.25, 0.3) is 11.3 Å². The zero-order valence-electron chi connectivity index (χ0n) is 18.9. The number of carbonyl (C=O) groups is 3. The zero-order valence-corrected chi connectivity index (χ0v) is 18.9. The summed E-state index contributed by atoms with van der Waals surface area (Å²) in [7, 11) is 0. The van der Waals surface area contributed by atoms with Gasteiger partial charge in [-0.05, 0) is 38.0 Å². The van der Waals surface area contributed by atoms with Crippen LogP contribution in [0.5, 0.6) is 0 Å². The Labute approximate surface area is 197 Å². The van der Waals surface area contributed by atoms with Crippen molar-refractivity contribution in [2.75, 3.05) is 25.0 Å². The van der Waals surface area contributed by atoms with Gasteiger partial charge in [0.15, 0.2) is 0 Å². The summed E-state index contributed by atoms with van der Waals surface area (Å²) in [4.78, 5) is 43.3. The lowest BCUT2D eigenvalue weighted by atomic mass is 9.99. The first-order valence-electron chi connectivity index (χ1n) is 10.6. The van der Waals surface area contributed by atoms with Crippen molar-refractivity contribution in [3.63, 3.8) is 0 Å². The molecule has 0 unspecified atom stereocenters. The monoisotopic (exact) mass is 497 g/mol. The predicted molar refractivity (Wildman–Crippen MR) is 116 cm³/mol. The van der Waals surface area contributed by atoms with Crippen LogP contribution in [0.3, 0.4) is 0 Å². The van der Waals surface area contributed by atoms with E-state index in [0.717, 1.165) is 12.1 Å². The molecule has 35 heavy (non-hydrogen) atoms. The Balaban J connectivity index is 0.000000429. The first-order chi connectivity index (χ1) is 16.3. The van der Waals surface area contributed by atoms with Crippen molar-refractivity contribution in [1.29, 1.82) is 0 Å². The van der Waals surface area contributed by atoms with Gasteiger partial charge in [0, 0.05) is 42.8 Å². The third kappa shape index (κ3) is 6.50. The van der Waals surface area contributed by atoms with Gasteiger partial charge in [-0.15, -0.1) is 0 Å². The number of carbonyl (C=O) groups excluding carboxylic acids is 2. The predicted octanol–water partition coefficient (Wildman–Crippen LogP) is 2.62. The number of carboxylic acid groups (broad SMARTS) is 1. The Morgan fingerprint density at radius 1 is 1.14 bits per heavy atom. The molecule has 2 aromatic rings. The smallest absolute Gasteiger partial charge is 0.475 e. The Hall–Kier alpha value is -3.61. The van der Waals surface area contributed by atoms with Crippen LogP contribution in [0.2, 0.25) is 0 Å². The number of aryl methyl sites for hydroxylation is 1. The number of hydrogen-bond acceptors (Lipinski definition) is 6. The molecule has 0 atom stereocenters. The highest BCUT2D eigenvalue weighted by Gasteiger charge is 2.38. The third-order valence-corrected chi connectivity index (χ3v) is 5.34. The number of aliphatic carboxylic acids is 1. The van der Waals surface area contributed by atoms with Crippen LogP contribution < -0.4 is 10.6 Å². The number of alkyl halides is 3. The second-order valence-corrected chi connectivity index (χ2v) is 8.66. The lowest BCUT2D eigenvalue weighted by molar-refractivity contribution is -0.192. The van der Waals surface area contributed by atoms with Crippen LogP contribution in [0.15, 0.2) is 24.5 Å². The summed E-state index contributed by atoms with van der Waals surface area (Å²) in [6.45, 7) is 6.00. The summed E-state index contributed by atoms with van der Waals surface area (Å²) in [5.74, 6) is -3.54. The molecule has 0 spiro atoms. The van der Waals surface area contributed by atoms with E-state index in [9.17, 15) is 27.2 Å². The average Bonchev–Trinajstić information content (AvgIpc) is 2.77. The van der Waals surface area contributed by atoms with Gasteiger partial charge in [0.1, 0.15) is 11.5 Å². The summed E-state index contributed by atoms with van der Waals surface area (Å²) in [6.07, 6.45) is -1.34. The number of halogens is 4. The first kappa shape index (κ1) is 26.0. The van der Waals surface area contributed by atoms with Crippen LogP contribution >= 0.6 is 0 Å². The number of amides is 2. The van der Waals surface area contributed by atoms with Gasteiger partial charge in [-0.3, -0.25) is 14.6 Å². The maximum Gasteiger partial charge on any atom is 0.490 e. The lowest BCUT2D eigenvalue weighted by Gasteiger charge is -2.38. The van der Waals surface area contributed by atoms with E-state index in [1.54, 1.807) is 11.0 Å². The molecule has 13 heteroatoms. The number of nitrogens with one attached hydrogen (secondary N) is 2. The van der Waals surface area contributed by atoms with Crippen LogP contribution in [-0.2, 0) is 16.0 Å². The summed E-state index contributed by atoms with van der Waals surface area (Å²) in [5, 5.41) is 13.2. The summed E-state index contributed by atoms with van der Waals surface area (Å²) in [6, 6.07) is 3.00. The first-order valence-corrected chi connectivity index (χ1v) is 10.6. The Morgan fingerprint density at radius 2 is 1.83 bits per heavy atom. The fourth-order valence-corrected chi connectivity index (χ4v) is 3.65. The van der Waals surface area contributed by atoms with E-state index in [4.69, 9.17) is 9.90 Å². The molecule has 1 saturated heterocycles. The van der Waals surface area contributed by atoms with Gasteiger partial charge in [-0.1, -0.05) is 0 Å². The molecule has 0 radical (unpaired) electrons. The number of hydrogen-bond donors (Lipinski definition) is 3. The van der Waals surface area contributed by atoms with Gasteiger partial charge in [0.2, 0.25) is 5.91 Å². The molecule has 1 aromatic heterocycles. The fourth-order valence-electron chi connectivity index (χ4n) is 3.65. The molecule has 4 rings (SSSR count). The number of anilines is 1. The molecule has 3 heterocycles. The molecule has 1 fully saturated rings. The molecule has 0 aliphatic carbocycles. The zero-order chi connectivity index (χ0) is 26.0. The maximum atomic E-state index is 14.5. The maximum absolute atomic E-state index is 14.5. The largest absolute Gasteiger partial charge is 0.490 e. The second-order valence-electron chi connectivity index (χ2n) is 8.66. The fraction of sp³-hybridized carbons (Fsp3) is 0.409. The molecule has 0 saturated carbocycles. The van der Waals surface area contributed by atoms with E-state index in [0.29, 0.717) is 42.9 Å². The second kappa shape index (κ2) is 9.94. The van der Waals surface area contributed by atoms with Crippen molar-refractivity contribution >= 4 is 23.5 Å². The van der Waals surface area contributed by atoms with Gasteiger partial charge in [-0.2, -0.15) is 13.2 Å². The van der Waals surface area contributed by atoms with E-state index in [-0.39, 0.29) is 23.0 Å². The van der Waals surface area contributed by atoms with Crippen molar-refractivity contribution in [2.45, 2.75) is 38.4 Å². The number of piperazine rings is 1. The number of fused-ring (bicyclic) bond motifs is 1. The molecule has 188 valence electrons. The molecule has 2 amide bonds. The molecule has 9 nitrogen and oxygen atoms in total. The topological polar surface area (TPSA) is 125 Å². The minimum atomic E-state index is -5.08. The van der Waals surface area contributed by atoms with E-state index in [1.807, 2.05) is 13.8 Å². The van der Waals surface area contributed by atoms with Gasteiger partial charge in [0.05, 0.1) is 18.1 Å². The summed E-state index contributed by atoms with van der Waals surface area (Å²) >= 11 is 0. The van der Waals surface area contributed by atoms with E-state index >= 15 is 0 Å². The normalized spacial score (nSPS) is 17.0. The Kier molecular flexibility index (Phi) is 7.38. The molecule has 2 aliphatic heterocycles. The van der Waals surface area contributed by atoms with Gasteiger partial charge in [0.25, 0.3) is 5.91 Å². The number of rotatable bonds is 2. The van der Waals surface area contributed by atoms with Crippen molar-refractivity contribution in [2.24, 2.45) is 0 Å². The SMILES string of the molecule is CC1(C)CN(C(=O)c2cnc(-c3cc4c(cc3F)NC(=O)CC4)cn2)CCN1.O=C(O)C(F)(F)F. The Morgan fingerprint density at radius 3 is 2.40 bits per heavy atom. The number of nitrogens with zero attached hydrogens (tertiary/aromatic N) is 3. The molecular formula is C22H23F4N5O4. The molecule has 1 aromatic carbocycles. The highest BCUT2D eigenvalue weighted by molar-refractivity contribution is 5.94. The minimum absolute atomic E-state index is 0.113. The molecular weight excluding hydrogens is 474 g/mol. The van der Waals surface area contributed by atoms with Crippen LogP contribution in [0, 0.1) is 5.82 Å². The van der Waals surface area contributed by atoms with Crippen LogP contribution in [0.4, 0.5) is 23.2 Å². The molecule has 2 aliphatic rings. The third-order valence-electron chi connectivity index (χ3n) is 5.34. The van der Waals surface area contributed by atoms with Crippen LogP contribution in [-0.4, -0.2) is 69.1 Å². The Bertz CT molecular complexity index is 1140.